The molecule has 0 amide bonds. The molecule has 0 radical (unpaired) electrons. The Hall–Kier alpha value is -1.16. The Bertz CT molecular complexity index is 422. The van der Waals surface area contributed by atoms with Crippen molar-refractivity contribution < 1.29 is 0 Å². The van der Waals surface area contributed by atoms with Gasteiger partial charge in [-0.05, 0) is 43.6 Å². The van der Waals surface area contributed by atoms with Crippen molar-refractivity contribution in [1.82, 2.24) is 15.1 Å². The van der Waals surface area contributed by atoms with Gasteiger partial charge in [0.1, 0.15) is 0 Å². The molecule has 2 fully saturated rings. The van der Waals surface area contributed by atoms with E-state index in [1.54, 1.807) is 18.3 Å². The Morgan fingerprint density at radius 3 is 2.65 bits per heavy atom. The molecule has 0 saturated heterocycles. The summed E-state index contributed by atoms with van der Waals surface area (Å²) in [6.07, 6.45) is 7.21. The van der Waals surface area contributed by atoms with E-state index in [0.717, 1.165) is 18.4 Å². The summed E-state index contributed by atoms with van der Waals surface area (Å²) in [5.41, 5.74) is -0.0105. The molecule has 0 aliphatic heterocycles. The largest absolute Gasteiger partial charge is 0.312 e. The van der Waals surface area contributed by atoms with E-state index < -0.39 is 0 Å². The minimum absolute atomic E-state index is 0.0105. The molecule has 2 aliphatic rings. The first-order chi connectivity index (χ1) is 8.34. The molecule has 4 nitrogen and oxygen atoms in total. The Morgan fingerprint density at radius 2 is 2.06 bits per heavy atom. The molecule has 2 aliphatic carbocycles. The molecule has 1 aromatic rings. The fraction of sp³-hybridized carbons (Fsp3) is 0.692. The quantitative estimate of drug-likeness (QED) is 0.798. The average molecular weight is 233 g/mol. The molecule has 92 valence electrons. The summed E-state index contributed by atoms with van der Waals surface area (Å²) in [4.78, 5) is 11.5. The summed E-state index contributed by atoms with van der Waals surface area (Å²) in [6.45, 7) is 1.53. The van der Waals surface area contributed by atoms with Crippen LogP contribution in [0, 0.1) is 11.8 Å². The van der Waals surface area contributed by atoms with E-state index in [1.165, 1.54) is 30.4 Å². The minimum Gasteiger partial charge on any atom is -0.312 e. The van der Waals surface area contributed by atoms with E-state index in [1.807, 2.05) is 0 Å². The summed E-state index contributed by atoms with van der Waals surface area (Å²) in [5.74, 6) is 1.81. The van der Waals surface area contributed by atoms with E-state index in [4.69, 9.17) is 0 Å². The van der Waals surface area contributed by atoms with Gasteiger partial charge in [-0.3, -0.25) is 4.79 Å². The molecule has 1 N–H and O–H groups in total. The molecule has 4 heteroatoms. The third-order valence-corrected chi connectivity index (χ3v) is 3.75. The Balaban J connectivity index is 1.51. The second-order valence-electron chi connectivity index (χ2n) is 5.24. The van der Waals surface area contributed by atoms with Gasteiger partial charge in [0.2, 0.25) is 0 Å². The first-order valence-corrected chi connectivity index (χ1v) is 6.60. The fourth-order valence-corrected chi connectivity index (χ4v) is 2.52. The summed E-state index contributed by atoms with van der Waals surface area (Å²) in [6, 6.07) is 3.95. The number of hydrogen-bond donors (Lipinski definition) is 1. The highest BCUT2D eigenvalue weighted by Crippen LogP contribution is 2.44. The van der Waals surface area contributed by atoms with Gasteiger partial charge < -0.3 is 5.32 Å². The second kappa shape index (κ2) is 4.61. The van der Waals surface area contributed by atoms with Crippen LogP contribution in [0.25, 0.3) is 0 Å². The SMILES string of the molecule is O=c1cccnn1CCNC(C1CC1)C1CC1. The zero-order chi connectivity index (χ0) is 11.7. The molecule has 17 heavy (non-hydrogen) atoms. The third-order valence-electron chi connectivity index (χ3n) is 3.75. The van der Waals surface area contributed by atoms with Gasteiger partial charge in [-0.15, -0.1) is 0 Å². The Kier molecular flexibility index (Phi) is 2.97. The maximum atomic E-state index is 11.5. The molecule has 0 aromatic carbocycles. The monoisotopic (exact) mass is 233 g/mol. The van der Waals surface area contributed by atoms with Gasteiger partial charge in [0.05, 0.1) is 6.54 Å². The van der Waals surface area contributed by atoms with Crippen molar-refractivity contribution in [2.45, 2.75) is 38.3 Å². The fourth-order valence-electron chi connectivity index (χ4n) is 2.52. The second-order valence-corrected chi connectivity index (χ2v) is 5.24. The lowest BCUT2D eigenvalue weighted by Gasteiger charge is -2.17. The lowest BCUT2D eigenvalue weighted by molar-refractivity contribution is 0.397. The minimum atomic E-state index is -0.0105. The predicted molar refractivity (Wildman–Crippen MR) is 65.7 cm³/mol. The predicted octanol–water partition coefficient (Wildman–Crippen LogP) is 1.02. The number of nitrogens with one attached hydrogen (secondary N) is 1. The van der Waals surface area contributed by atoms with Gasteiger partial charge in [0, 0.05) is 24.8 Å². The number of nitrogens with zero attached hydrogens (tertiary/aromatic N) is 2. The van der Waals surface area contributed by atoms with E-state index in [-0.39, 0.29) is 5.56 Å². The maximum Gasteiger partial charge on any atom is 0.266 e. The Morgan fingerprint density at radius 1 is 1.35 bits per heavy atom. The molecule has 1 heterocycles. The van der Waals surface area contributed by atoms with Crippen LogP contribution in [0.2, 0.25) is 0 Å². The van der Waals surface area contributed by atoms with Crippen LogP contribution in [0.5, 0.6) is 0 Å². The lowest BCUT2D eigenvalue weighted by atomic mass is 10.1. The van der Waals surface area contributed by atoms with Crippen LogP contribution < -0.4 is 10.9 Å². The summed E-state index contributed by atoms with van der Waals surface area (Å²) >= 11 is 0. The van der Waals surface area contributed by atoms with Crippen LogP contribution in [0.15, 0.2) is 23.1 Å². The summed E-state index contributed by atoms with van der Waals surface area (Å²) in [7, 11) is 0. The molecule has 3 rings (SSSR count). The van der Waals surface area contributed by atoms with Gasteiger partial charge >= 0.3 is 0 Å². The van der Waals surface area contributed by atoms with Crippen LogP contribution in [0.4, 0.5) is 0 Å². The van der Waals surface area contributed by atoms with Crippen molar-refractivity contribution >= 4 is 0 Å². The van der Waals surface area contributed by atoms with E-state index in [2.05, 4.69) is 10.4 Å². The highest BCUT2D eigenvalue weighted by Gasteiger charge is 2.40. The summed E-state index contributed by atoms with van der Waals surface area (Å²) < 4.78 is 1.53. The normalized spacial score (nSPS) is 19.8. The van der Waals surface area contributed by atoms with Crippen molar-refractivity contribution in [3.8, 4) is 0 Å². The van der Waals surface area contributed by atoms with Crippen molar-refractivity contribution in [2.24, 2.45) is 11.8 Å². The Labute approximate surface area is 101 Å². The zero-order valence-electron chi connectivity index (χ0n) is 10.0. The van der Waals surface area contributed by atoms with E-state index in [0.29, 0.717) is 12.6 Å². The van der Waals surface area contributed by atoms with Gasteiger partial charge in [0.15, 0.2) is 0 Å². The highest BCUT2D eigenvalue weighted by molar-refractivity contribution is 4.96. The standard InChI is InChI=1S/C13H19N3O/c17-12-2-1-7-15-16(12)9-8-14-13(10-3-4-10)11-5-6-11/h1-2,7,10-11,13-14H,3-6,8-9H2. The summed E-state index contributed by atoms with van der Waals surface area (Å²) in [5, 5.41) is 7.68. The topological polar surface area (TPSA) is 46.9 Å². The van der Waals surface area contributed by atoms with Crippen molar-refractivity contribution in [1.29, 1.82) is 0 Å². The highest BCUT2D eigenvalue weighted by atomic mass is 16.1. The van der Waals surface area contributed by atoms with Crippen molar-refractivity contribution in [3.63, 3.8) is 0 Å². The molecule has 0 bridgehead atoms. The molecule has 2 saturated carbocycles. The van der Waals surface area contributed by atoms with E-state index >= 15 is 0 Å². The van der Waals surface area contributed by atoms with Crippen molar-refractivity contribution in [2.75, 3.05) is 6.54 Å². The van der Waals surface area contributed by atoms with Gasteiger partial charge in [-0.1, -0.05) is 0 Å². The maximum absolute atomic E-state index is 11.5. The molecule has 0 unspecified atom stereocenters. The smallest absolute Gasteiger partial charge is 0.266 e. The van der Waals surface area contributed by atoms with Crippen LogP contribution in [0.1, 0.15) is 25.7 Å². The average Bonchev–Trinajstić information content (AvgIpc) is 3.18. The molecular formula is C13H19N3O. The van der Waals surface area contributed by atoms with Gasteiger partial charge in [-0.25, -0.2) is 4.68 Å². The molecule has 0 spiro atoms. The molecule has 1 aromatic heterocycles. The van der Waals surface area contributed by atoms with Crippen LogP contribution in [0.3, 0.4) is 0 Å². The van der Waals surface area contributed by atoms with E-state index in [9.17, 15) is 4.79 Å². The number of aromatic nitrogens is 2. The van der Waals surface area contributed by atoms with Crippen LogP contribution in [-0.2, 0) is 6.54 Å². The first kappa shape index (κ1) is 11.0. The third kappa shape index (κ3) is 2.75. The first-order valence-electron chi connectivity index (χ1n) is 6.60. The molecule has 0 atom stereocenters. The lowest BCUT2D eigenvalue weighted by Crippen LogP contribution is -2.37. The zero-order valence-corrected chi connectivity index (χ0v) is 10.0. The number of rotatable bonds is 6. The number of hydrogen-bond acceptors (Lipinski definition) is 3. The van der Waals surface area contributed by atoms with Gasteiger partial charge in [-0.2, -0.15) is 5.10 Å². The molecular weight excluding hydrogens is 214 g/mol. The van der Waals surface area contributed by atoms with Crippen LogP contribution >= 0.6 is 0 Å². The van der Waals surface area contributed by atoms with Crippen LogP contribution in [-0.4, -0.2) is 22.4 Å². The van der Waals surface area contributed by atoms with Gasteiger partial charge in [0.25, 0.3) is 5.56 Å². The van der Waals surface area contributed by atoms with Crippen molar-refractivity contribution in [3.05, 3.63) is 28.7 Å².